The van der Waals surface area contributed by atoms with Crippen LogP contribution in [0.15, 0.2) is 0 Å². The first kappa shape index (κ1) is 7.05. The highest BCUT2D eigenvalue weighted by atomic mass is 16.2. The lowest BCUT2D eigenvalue weighted by Crippen LogP contribution is -2.28. The maximum Gasteiger partial charge on any atom is 0.325 e. The van der Waals surface area contributed by atoms with E-state index in [1.165, 1.54) is 4.90 Å². The summed E-state index contributed by atoms with van der Waals surface area (Å²) in [6.45, 7) is 1.84. The minimum absolute atomic E-state index is 0.0718. The molecule has 0 aromatic carbocycles. The van der Waals surface area contributed by atoms with E-state index in [1.807, 2.05) is 6.92 Å². The number of hydrogen-bond donors (Lipinski definition) is 1. The first-order valence-corrected chi connectivity index (χ1v) is 3.14. The minimum atomic E-state index is -0.0995. The smallest absolute Gasteiger partial charge is 0.318 e. The molecule has 4 nitrogen and oxygen atoms in total. The zero-order valence-corrected chi connectivity index (χ0v) is 6.38. The zero-order valence-electron chi connectivity index (χ0n) is 6.38. The van der Waals surface area contributed by atoms with E-state index in [0.29, 0.717) is 5.84 Å². The molecule has 0 saturated carbocycles. The lowest BCUT2D eigenvalue weighted by Gasteiger charge is -2.10. The number of amidine groups is 1. The van der Waals surface area contributed by atoms with Gasteiger partial charge in [0, 0.05) is 14.1 Å². The molecule has 0 radical (unpaired) electrons. The van der Waals surface area contributed by atoms with Gasteiger partial charge in [0.25, 0.3) is 0 Å². The fourth-order valence-corrected chi connectivity index (χ4v) is 0.969. The van der Waals surface area contributed by atoms with Gasteiger partial charge in [-0.15, -0.1) is 0 Å². The summed E-state index contributed by atoms with van der Waals surface area (Å²) in [4.78, 5) is 13.9. The largest absolute Gasteiger partial charge is 0.325 e. The molecule has 1 rings (SSSR count). The number of nitrogens with one attached hydrogen (secondary N) is 1. The fourth-order valence-electron chi connectivity index (χ4n) is 0.969. The Morgan fingerprint density at radius 1 is 1.50 bits per heavy atom. The van der Waals surface area contributed by atoms with Crippen LogP contribution in [0.3, 0.4) is 0 Å². The Labute approximate surface area is 59.9 Å². The molecule has 0 bridgehead atoms. The molecular weight excluding hydrogens is 130 g/mol. The number of nitrogens with zero attached hydrogens (tertiary/aromatic N) is 2. The van der Waals surface area contributed by atoms with Crippen LogP contribution < -0.4 is 0 Å². The van der Waals surface area contributed by atoms with E-state index in [9.17, 15) is 4.79 Å². The predicted molar refractivity (Wildman–Crippen MR) is 38.1 cm³/mol. The average molecular weight is 141 g/mol. The molecule has 1 aliphatic rings. The Morgan fingerprint density at radius 2 is 2.00 bits per heavy atom. The Hall–Kier alpha value is -1.06. The van der Waals surface area contributed by atoms with Gasteiger partial charge in [0.15, 0.2) is 0 Å². The van der Waals surface area contributed by atoms with Gasteiger partial charge in [0.1, 0.15) is 5.84 Å². The molecule has 1 fully saturated rings. The Kier molecular flexibility index (Phi) is 1.39. The van der Waals surface area contributed by atoms with Crippen molar-refractivity contribution in [3.05, 3.63) is 0 Å². The van der Waals surface area contributed by atoms with Crippen LogP contribution in [0.25, 0.3) is 0 Å². The molecule has 1 saturated heterocycles. The molecule has 1 atom stereocenters. The molecule has 1 N–H and O–H groups in total. The molecule has 4 heteroatoms. The van der Waals surface area contributed by atoms with Gasteiger partial charge in [-0.25, -0.2) is 4.79 Å². The number of likely N-dealkylation sites (N-methyl/N-ethyl adjacent to an activating group) is 2. The second-order valence-electron chi connectivity index (χ2n) is 2.51. The lowest BCUT2D eigenvalue weighted by atomic mass is 10.3. The number of carbonyl (C=O) groups excluding carboxylic acids is 1. The molecule has 56 valence electrons. The van der Waals surface area contributed by atoms with Crippen molar-refractivity contribution < 1.29 is 4.79 Å². The van der Waals surface area contributed by atoms with Gasteiger partial charge in [0.2, 0.25) is 0 Å². The van der Waals surface area contributed by atoms with Gasteiger partial charge in [-0.2, -0.15) is 0 Å². The Bertz CT molecular complexity index is 169. The van der Waals surface area contributed by atoms with Gasteiger partial charge < -0.3 is 4.90 Å². The summed E-state index contributed by atoms with van der Waals surface area (Å²) in [7, 11) is 3.32. The van der Waals surface area contributed by atoms with Crippen molar-refractivity contribution in [2.24, 2.45) is 0 Å². The van der Waals surface area contributed by atoms with Crippen molar-refractivity contribution in [1.82, 2.24) is 9.80 Å². The van der Waals surface area contributed by atoms with Crippen LogP contribution >= 0.6 is 0 Å². The van der Waals surface area contributed by atoms with Gasteiger partial charge in [-0.05, 0) is 6.92 Å². The van der Waals surface area contributed by atoms with Crippen LogP contribution in [0.2, 0.25) is 0 Å². The molecule has 0 aromatic heterocycles. The van der Waals surface area contributed by atoms with E-state index in [1.54, 1.807) is 19.0 Å². The molecule has 1 heterocycles. The summed E-state index contributed by atoms with van der Waals surface area (Å²) in [6, 6.07) is -0.171. The van der Waals surface area contributed by atoms with Crippen molar-refractivity contribution in [3.63, 3.8) is 0 Å². The van der Waals surface area contributed by atoms with Gasteiger partial charge in [-0.3, -0.25) is 10.3 Å². The number of hydrogen-bond acceptors (Lipinski definition) is 2. The topological polar surface area (TPSA) is 47.4 Å². The van der Waals surface area contributed by atoms with Crippen LogP contribution in [0.5, 0.6) is 0 Å². The van der Waals surface area contributed by atoms with E-state index < -0.39 is 0 Å². The molecule has 0 aromatic rings. The van der Waals surface area contributed by atoms with Crippen LogP contribution in [-0.2, 0) is 0 Å². The summed E-state index contributed by atoms with van der Waals surface area (Å²) < 4.78 is 0. The first-order valence-electron chi connectivity index (χ1n) is 3.14. The second kappa shape index (κ2) is 1.97. The molecule has 1 aliphatic heterocycles. The SMILES string of the molecule is CC1C(=N)N(C)C(=O)N1C. The predicted octanol–water partition coefficient (Wildman–Crippen LogP) is 0.349. The van der Waals surface area contributed by atoms with Crippen molar-refractivity contribution in [1.29, 1.82) is 5.41 Å². The molecule has 2 amide bonds. The lowest BCUT2D eigenvalue weighted by molar-refractivity contribution is 0.203. The highest BCUT2D eigenvalue weighted by Gasteiger charge is 2.34. The molecular formula is C6H11N3O. The zero-order chi connectivity index (χ0) is 7.89. The van der Waals surface area contributed by atoms with E-state index in [-0.39, 0.29) is 12.1 Å². The maximum atomic E-state index is 11.0. The standard InChI is InChI=1S/C6H11N3O/c1-4-5(7)9(3)6(10)8(4)2/h4,7H,1-3H3. The third-order valence-electron chi connectivity index (χ3n) is 1.93. The monoisotopic (exact) mass is 141 g/mol. The summed E-state index contributed by atoms with van der Waals surface area (Å²) >= 11 is 0. The Morgan fingerprint density at radius 3 is 2.10 bits per heavy atom. The summed E-state index contributed by atoms with van der Waals surface area (Å²) in [5, 5.41) is 7.38. The van der Waals surface area contributed by atoms with Crippen molar-refractivity contribution in [3.8, 4) is 0 Å². The highest BCUT2D eigenvalue weighted by Crippen LogP contribution is 2.12. The Balaban J connectivity index is 2.89. The summed E-state index contributed by atoms with van der Waals surface area (Å²) in [6.07, 6.45) is 0. The average Bonchev–Trinajstić information content (AvgIpc) is 2.07. The first-order chi connectivity index (χ1) is 4.55. The summed E-state index contributed by atoms with van der Waals surface area (Å²) in [5.74, 6) is 0.368. The number of amides is 2. The minimum Gasteiger partial charge on any atom is -0.318 e. The van der Waals surface area contributed by atoms with E-state index >= 15 is 0 Å². The second-order valence-corrected chi connectivity index (χ2v) is 2.51. The van der Waals surface area contributed by atoms with E-state index in [4.69, 9.17) is 5.41 Å². The molecule has 1 unspecified atom stereocenters. The van der Waals surface area contributed by atoms with Crippen LogP contribution in [0.1, 0.15) is 6.92 Å². The van der Waals surface area contributed by atoms with Gasteiger partial charge in [0.05, 0.1) is 6.04 Å². The van der Waals surface area contributed by atoms with Gasteiger partial charge >= 0.3 is 6.03 Å². The fraction of sp³-hybridized carbons (Fsp3) is 0.667. The van der Waals surface area contributed by atoms with Crippen molar-refractivity contribution in [2.75, 3.05) is 14.1 Å². The third-order valence-corrected chi connectivity index (χ3v) is 1.93. The summed E-state index contributed by atoms with van der Waals surface area (Å²) in [5.41, 5.74) is 0. The van der Waals surface area contributed by atoms with E-state index in [0.717, 1.165) is 0 Å². The maximum absolute atomic E-state index is 11.0. The number of rotatable bonds is 0. The third kappa shape index (κ3) is 0.683. The normalized spacial score (nSPS) is 26.5. The molecule has 0 aliphatic carbocycles. The van der Waals surface area contributed by atoms with Crippen molar-refractivity contribution in [2.45, 2.75) is 13.0 Å². The highest BCUT2D eigenvalue weighted by molar-refractivity contribution is 6.04. The van der Waals surface area contributed by atoms with Crippen LogP contribution in [-0.4, -0.2) is 41.8 Å². The molecule has 0 spiro atoms. The van der Waals surface area contributed by atoms with Crippen molar-refractivity contribution >= 4 is 11.9 Å². The van der Waals surface area contributed by atoms with Gasteiger partial charge in [-0.1, -0.05) is 0 Å². The number of urea groups is 1. The number of carbonyl (C=O) groups is 1. The van der Waals surface area contributed by atoms with E-state index in [2.05, 4.69) is 0 Å². The molecule has 10 heavy (non-hydrogen) atoms. The quantitative estimate of drug-likeness (QED) is 0.520. The van der Waals surface area contributed by atoms with Crippen LogP contribution in [0, 0.1) is 5.41 Å². The van der Waals surface area contributed by atoms with Crippen LogP contribution in [0.4, 0.5) is 4.79 Å².